The Morgan fingerprint density at radius 3 is 2.82 bits per heavy atom. The molecule has 1 heterocycles. The predicted molar refractivity (Wildman–Crippen MR) is 52.6 cm³/mol. The number of rotatable bonds is 2. The van der Waals surface area contributed by atoms with Gasteiger partial charge in [-0.3, -0.25) is 0 Å². The Hall–Kier alpha value is -0.370. The van der Waals surface area contributed by atoms with E-state index in [2.05, 4.69) is 37.9 Å². The zero-order valence-electron chi connectivity index (χ0n) is 7.42. The highest BCUT2D eigenvalue weighted by Crippen LogP contribution is 2.21. The van der Waals surface area contributed by atoms with Gasteiger partial charge in [0, 0.05) is 24.2 Å². The molecule has 1 aliphatic rings. The zero-order valence-corrected chi connectivity index (χ0v) is 8.24. The molecule has 0 amide bonds. The summed E-state index contributed by atoms with van der Waals surface area (Å²) in [5, 5.41) is 0. The first-order valence-electron chi connectivity index (χ1n) is 3.95. The summed E-state index contributed by atoms with van der Waals surface area (Å²) in [7, 11) is 2.13. The van der Waals surface area contributed by atoms with Crippen molar-refractivity contribution < 1.29 is 0 Å². The molecule has 0 aromatic heterocycles. The molecule has 0 aliphatic carbocycles. The molecule has 0 unspecified atom stereocenters. The van der Waals surface area contributed by atoms with E-state index in [1.807, 2.05) is 11.8 Å². The summed E-state index contributed by atoms with van der Waals surface area (Å²) in [5.41, 5.74) is 1.35. The van der Waals surface area contributed by atoms with Crippen LogP contribution in [0.4, 0.5) is 0 Å². The lowest BCUT2D eigenvalue weighted by atomic mass is 10.3. The summed E-state index contributed by atoms with van der Waals surface area (Å²) in [6.45, 7) is 5.42. The molecule has 2 heteroatoms. The Bertz CT molecular complexity index is 194. The highest BCUT2D eigenvalue weighted by atomic mass is 32.2. The molecular weight excluding hydrogens is 154 g/mol. The summed E-state index contributed by atoms with van der Waals surface area (Å²) in [6.07, 6.45) is 4.41. The molecule has 0 bridgehead atoms. The van der Waals surface area contributed by atoms with Crippen LogP contribution in [0.1, 0.15) is 13.8 Å². The summed E-state index contributed by atoms with van der Waals surface area (Å²) in [5.74, 6) is 1.17. The van der Waals surface area contributed by atoms with E-state index in [1.165, 1.54) is 16.4 Å². The Kier molecular flexibility index (Phi) is 3.06. The van der Waals surface area contributed by atoms with Gasteiger partial charge in [0.1, 0.15) is 0 Å². The van der Waals surface area contributed by atoms with Gasteiger partial charge < -0.3 is 4.90 Å². The second kappa shape index (κ2) is 3.86. The highest BCUT2D eigenvalue weighted by molar-refractivity contribution is 8.03. The topological polar surface area (TPSA) is 3.24 Å². The van der Waals surface area contributed by atoms with Crippen LogP contribution in [0.15, 0.2) is 22.8 Å². The minimum atomic E-state index is 1.08. The average molecular weight is 169 g/mol. The third kappa shape index (κ3) is 2.29. The van der Waals surface area contributed by atoms with Crippen molar-refractivity contribution in [1.82, 2.24) is 4.90 Å². The standard InChI is InChI=1S/C9H15NS/c1-4-11-9-6-5-8(2)10(3)7-9/h5-6H,4,7H2,1-3H3. The molecule has 1 aliphatic heterocycles. The third-order valence-electron chi connectivity index (χ3n) is 1.84. The molecule has 0 N–H and O–H groups in total. The molecule has 0 saturated heterocycles. The predicted octanol–water partition coefficient (Wildman–Crippen LogP) is 2.47. The second-order valence-corrected chi connectivity index (χ2v) is 4.12. The molecule has 0 aromatic rings. The number of hydrogen-bond acceptors (Lipinski definition) is 2. The van der Waals surface area contributed by atoms with Crippen molar-refractivity contribution >= 4 is 11.8 Å². The summed E-state index contributed by atoms with van der Waals surface area (Å²) in [6, 6.07) is 0. The van der Waals surface area contributed by atoms with Crippen LogP contribution >= 0.6 is 11.8 Å². The van der Waals surface area contributed by atoms with Gasteiger partial charge in [0.2, 0.25) is 0 Å². The van der Waals surface area contributed by atoms with Gasteiger partial charge in [-0.05, 0) is 24.8 Å². The maximum absolute atomic E-state index is 2.28. The molecule has 0 aromatic carbocycles. The first-order valence-corrected chi connectivity index (χ1v) is 4.94. The van der Waals surface area contributed by atoms with Crippen LogP contribution in [-0.2, 0) is 0 Å². The van der Waals surface area contributed by atoms with Crippen molar-refractivity contribution in [3.05, 3.63) is 22.8 Å². The van der Waals surface area contributed by atoms with Crippen molar-refractivity contribution in [2.75, 3.05) is 19.3 Å². The minimum Gasteiger partial charge on any atom is -0.373 e. The molecule has 11 heavy (non-hydrogen) atoms. The van der Waals surface area contributed by atoms with Crippen LogP contribution < -0.4 is 0 Å². The average Bonchev–Trinajstić information content (AvgIpc) is 1.98. The van der Waals surface area contributed by atoms with Crippen LogP contribution in [0.5, 0.6) is 0 Å². The van der Waals surface area contributed by atoms with Crippen LogP contribution in [-0.4, -0.2) is 24.2 Å². The van der Waals surface area contributed by atoms with Crippen LogP contribution in [0.3, 0.4) is 0 Å². The monoisotopic (exact) mass is 169 g/mol. The largest absolute Gasteiger partial charge is 0.373 e. The summed E-state index contributed by atoms with van der Waals surface area (Å²) >= 11 is 1.93. The Morgan fingerprint density at radius 2 is 2.27 bits per heavy atom. The summed E-state index contributed by atoms with van der Waals surface area (Å²) in [4.78, 5) is 3.75. The van der Waals surface area contributed by atoms with Crippen molar-refractivity contribution in [3.8, 4) is 0 Å². The van der Waals surface area contributed by atoms with E-state index in [0.717, 1.165) is 6.54 Å². The van der Waals surface area contributed by atoms with Gasteiger partial charge in [0.25, 0.3) is 0 Å². The Balaban J connectivity index is 2.58. The van der Waals surface area contributed by atoms with E-state index in [4.69, 9.17) is 0 Å². The lowest BCUT2D eigenvalue weighted by Crippen LogP contribution is -2.20. The SMILES string of the molecule is CCSC1=CC=C(C)N(C)C1. The Labute approximate surface area is 73.2 Å². The van der Waals surface area contributed by atoms with Gasteiger partial charge in [0.05, 0.1) is 0 Å². The van der Waals surface area contributed by atoms with E-state index in [0.29, 0.717) is 0 Å². The zero-order chi connectivity index (χ0) is 8.27. The van der Waals surface area contributed by atoms with Gasteiger partial charge in [-0.25, -0.2) is 0 Å². The van der Waals surface area contributed by atoms with Gasteiger partial charge in [-0.15, -0.1) is 11.8 Å². The maximum atomic E-state index is 2.28. The first-order chi connectivity index (χ1) is 5.24. The number of thioether (sulfide) groups is 1. The minimum absolute atomic E-state index is 1.08. The van der Waals surface area contributed by atoms with Crippen molar-refractivity contribution in [2.45, 2.75) is 13.8 Å². The number of hydrogen-bond donors (Lipinski definition) is 0. The maximum Gasteiger partial charge on any atom is 0.0482 e. The fraction of sp³-hybridized carbons (Fsp3) is 0.556. The van der Waals surface area contributed by atoms with E-state index >= 15 is 0 Å². The van der Waals surface area contributed by atoms with Crippen molar-refractivity contribution in [3.63, 3.8) is 0 Å². The van der Waals surface area contributed by atoms with E-state index in [1.54, 1.807) is 0 Å². The van der Waals surface area contributed by atoms with Crippen molar-refractivity contribution in [2.24, 2.45) is 0 Å². The molecule has 1 nitrogen and oxygen atoms in total. The lowest BCUT2D eigenvalue weighted by molar-refractivity contribution is 0.457. The quantitative estimate of drug-likeness (QED) is 0.624. The van der Waals surface area contributed by atoms with Gasteiger partial charge in [0.15, 0.2) is 0 Å². The van der Waals surface area contributed by atoms with E-state index in [-0.39, 0.29) is 0 Å². The fourth-order valence-corrected chi connectivity index (χ4v) is 1.85. The van der Waals surface area contributed by atoms with Crippen molar-refractivity contribution in [1.29, 1.82) is 0 Å². The normalized spacial score (nSPS) is 17.9. The van der Waals surface area contributed by atoms with Crippen LogP contribution in [0.25, 0.3) is 0 Å². The van der Waals surface area contributed by atoms with E-state index < -0.39 is 0 Å². The molecule has 0 saturated carbocycles. The lowest BCUT2D eigenvalue weighted by Gasteiger charge is -2.24. The highest BCUT2D eigenvalue weighted by Gasteiger charge is 2.06. The number of nitrogens with zero attached hydrogens (tertiary/aromatic N) is 1. The molecule has 62 valence electrons. The van der Waals surface area contributed by atoms with Crippen LogP contribution in [0, 0.1) is 0 Å². The van der Waals surface area contributed by atoms with Gasteiger partial charge in [-0.1, -0.05) is 6.92 Å². The fourth-order valence-electron chi connectivity index (χ4n) is 1.03. The molecule has 0 radical (unpaired) electrons. The number of likely N-dealkylation sites (N-methyl/N-ethyl adjacent to an activating group) is 1. The first kappa shape index (κ1) is 8.72. The van der Waals surface area contributed by atoms with Gasteiger partial charge >= 0.3 is 0 Å². The number of allylic oxidation sites excluding steroid dienone is 3. The van der Waals surface area contributed by atoms with E-state index in [9.17, 15) is 0 Å². The van der Waals surface area contributed by atoms with Crippen LogP contribution in [0.2, 0.25) is 0 Å². The molecule has 0 fully saturated rings. The smallest absolute Gasteiger partial charge is 0.0482 e. The third-order valence-corrected chi connectivity index (χ3v) is 2.76. The molecule has 0 atom stereocenters. The Morgan fingerprint density at radius 1 is 1.55 bits per heavy atom. The molecular formula is C9H15NS. The molecule has 1 rings (SSSR count). The van der Waals surface area contributed by atoms with Gasteiger partial charge in [-0.2, -0.15) is 0 Å². The molecule has 0 spiro atoms. The second-order valence-electron chi connectivity index (χ2n) is 2.73. The summed E-state index contributed by atoms with van der Waals surface area (Å²) < 4.78 is 0.